The molecule has 0 unspecified atom stereocenters. The van der Waals surface area contributed by atoms with Gasteiger partial charge in [0.25, 0.3) is 5.91 Å². The summed E-state index contributed by atoms with van der Waals surface area (Å²) in [4.78, 5) is 21.7. The van der Waals surface area contributed by atoms with E-state index < -0.39 is 0 Å². The van der Waals surface area contributed by atoms with Crippen molar-refractivity contribution >= 4 is 17.4 Å². The second-order valence-corrected chi connectivity index (χ2v) is 9.70. The minimum Gasteiger partial charge on any atom is -0.474 e. The molecule has 1 aliphatic heterocycles. The summed E-state index contributed by atoms with van der Waals surface area (Å²) in [6, 6.07) is 12.0. The van der Waals surface area contributed by atoms with Crippen LogP contribution in [0.5, 0.6) is 5.88 Å². The summed E-state index contributed by atoms with van der Waals surface area (Å²) in [5, 5.41) is 11.2. The molecule has 0 bridgehead atoms. The molecule has 37 heavy (non-hydrogen) atoms. The van der Waals surface area contributed by atoms with Crippen LogP contribution in [0.25, 0.3) is 16.8 Å². The summed E-state index contributed by atoms with van der Waals surface area (Å²) in [5.41, 5.74) is 5.18. The van der Waals surface area contributed by atoms with Crippen molar-refractivity contribution in [3.63, 3.8) is 0 Å². The van der Waals surface area contributed by atoms with Crippen LogP contribution >= 0.6 is 0 Å². The van der Waals surface area contributed by atoms with Crippen LogP contribution in [0.15, 0.2) is 55.0 Å². The Hall–Kier alpha value is -3.98. The number of aromatic nitrogens is 4. The van der Waals surface area contributed by atoms with E-state index in [1.807, 2.05) is 55.7 Å². The third-order valence-electron chi connectivity index (χ3n) is 6.80. The van der Waals surface area contributed by atoms with Gasteiger partial charge in [0.05, 0.1) is 19.4 Å². The smallest absolute Gasteiger partial charge is 0.251 e. The number of hydrogen-bond donors (Lipinski definition) is 2. The van der Waals surface area contributed by atoms with Crippen molar-refractivity contribution in [2.75, 3.05) is 18.5 Å². The SMILES string of the molecule is Cc1cc(-c2cnn3c(NCc4cccnc4)cc(OC4CCOCC4)nc23)ccc1C(=O)NC1CC1. The minimum atomic E-state index is -0.0152. The lowest BCUT2D eigenvalue weighted by Crippen LogP contribution is -2.26. The summed E-state index contributed by atoms with van der Waals surface area (Å²) in [5.74, 6) is 1.31. The van der Waals surface area contributed by atoms with Crippen molar-refractivity contribution in [1.82, 2.24) is 24.9 Å². The fourth-order valence-corrected chi connectivity index (χ4v) is 4.57. The average Bonchev–Trinajstić information content (AvgIpc) is 3.63. The largest absolute Gasteiger partial charge is 0.474 e. The Bertz CT molecular complexity index is 1410. The number of aryl methyl sites for hydroxylation is 1. The van der Waals surface area contributed by atoms with E-state index in [1.54, 1.807) is 10.7 Å². The van der Waals surface area contributed by atoms with Gasteiger partial charge in [0.1, 0.15) is 11.9 Å². The molecule has 1 aliphatic carbocycles. The van der Waals surface area contributed by atoms with E-state index in [9.17, 15) is 4.79 Å². The zero-order valence-electron chi connectivity index (χ0n) is 20.8. The fourth-order valence-electron chi connectivity index (χ4n) is 4.57. The summed E-state index contributed by atoms with van der Waals surface area (Å²) in [6.45, 7) is 3.93. The van der Waals surface area contributed by atoms with Crippen molar-refractivity contribution < 1.29 is 14.3 Å². The molecule has 3 aromatic heterocycles. The average molecular weight is 499 g/mol. The van der Waals surface area contributed by atoms with Crippen molar-refractivity contribution in [2.45, 2.75) is 51.3 Å². The first kappa shape index (κ1) is 23.4. The number of pyridine rings is 1. The highest BCUT2D eigenvalue weighted by Crippen LogP contribution is 2.30. The van der Waals surface area contributed by atoms with Gasteiger partial charge in [-0.1, -0.05) is 18.2 Å². The lowest BCUT2D eigenvalue weighted by atomic mass is 10.0. The number of carbonyl (C=O) groups is 1. The Morgan fingerprint density at radius 2 is 2.00 bits per heavy atom. The number of fused-ring (bicyclic) bond motifs is 1. The van der Waals surface area contributed by atoms with Crippen molar-refractivity contribution in [1.29, 1.82) is 0 Å². The summed E-state index contributed by atoms with van der Waals surface area (Å²) >= 11 is 0. The molecule has 9 nitrogen and oxygen atoms in total. The highest BCUT2D eigenvalue weighted by Gasteiger charge is 2.25. The Morgan fingerprint density at radius 1 is 1.14 bits per heavy atom. The van der Waals surface area contributed by atoms with Gasteiger partial charge in [-0.05, 0) is 48.6 Å². The normalized spacial score (nSPS) is 16.0. The second kappa shape index (κ2) is 10.2. The van der Waals surface area contributed by atoms with E-state index in [-0.39, 0.29) is 12.0 Å². The topological polar surface area (TPSA) is 103 Å². The number of nitrogens with one attached hydrogen (secondary N) is 2. The highest BCUT2D eigenvalue weighted by atomic mass is 16.5. The lowest BCUT2D eigenvalue weighted by Gasteiger charge is -2.23. The molecule has 4 aromatic rings. The molecule has 0 radical (unpaired) electrons. The molecule has 190 valence electrons. The maximum absolute atomic E-state index is 12.6. The van der Waals surface area contributed by atoms with Gasteiger partial charge in [-0.3, -0.25) is 9.78 Å². The lowest BCUT2D eigenvalue weighted by molar-refractivity contribution is 0.0238. The Balaban J connectivity index is 1.34. The maximum Gasteiger partial charge on any atom is 0.251 e. The number of rotatable bonds is 8. The number of anilines is 1. The van der Waals surface area contributed by atoms with E-state index in [0.29, 0.717) is 42.9 Å². The fraction of sp³-hybridized carbons (Fsp3) is 0.357. The first-order chi connectivity index (χ1) is 18.1. The van der Waals surface area contributed by atoms with Crippen LogP contribution in [0.1, 0.15) is 47.2 Å². The Labute approximate surface area is 215 Å². The molecule has 4 heterocycles. The zero-order chi connectivity index (χ0) is 25.2. The summed E-state index contributed by atoms with van der Waals surface area (Å²) in [7, 11) is 0. The number of ether oxygens (including phenoxy) is 2. The molecular formula is C28H30N6O3. The first-order valence-electron chi connectivity index (χ1n) is 12.8. The van der Waals surface area contributed by atoms with E-state index in [2.05, 4.69) is 20.7 Å². The van der Waals surface area contributed by atoms with Gasteiger partial charge in [0, 0.05) is 55.0 Å². The molecule has 0 spiro atoms. The van der Waals surface area contributed by atoms with Gasteiger partial charge < -0.3 is 20.1 Å². The van der Waals surface area contributed by atoms with Gasteiger partial charge in [0.15, 0.2) is 5.65 Å². The summed E-state index contributed by atoms with van der Waals surface area (Å²) < 4.78 is 13.6. The van der Waals surface area contributed by atoms with Gasteiger partial charge in [-0.2, -0.15) is 14.6 Å². The number of carbonyl (C=O) groups excluding carboxylic acids is 1. The van der Waals surface area contributed by atoms with E-state index >= 15 is 0 Å². The Morgan fingerprint density at radius 3 is 2.76 bits per heavy atom. The third kappa shape index (κ3) is 5.27. The molecule has 2 aliphatic rings. The quantitative estimate of drug-likeness (QED) is 0.376. The number of nitrogens with zero attached hydrogens (tertiary/aromatic N) is 4. The molecule has 0 atom stereocenters. The number of benzene rings is 1. The van der Waals surface area contributed by atoms with Crippen LogP contribution in [-0.4, -0.2) is 50.8 Å². The van der Waals surface area contributed by atoms with Gasteiger partial charge in [-0.15, -0.1) is 0 Å². The van der Waals surface area contributed by atoms with Crippen molar-refractivity contribution in [3.8, 4) is 17.0 Å². The standard InChI is InChI=1S/C28H30N6O3/c1-18-13-20(4-7-23(18)28(35)32-21-5-6-21)24-17-31-34-25(30-16-19-3-2-10-29-15-19)14-26(33-27(24)34)37-22-8-11-36-12-9-22/h2-4,7,10,13-15,17,21-22,30H,5-6,8-9,11-12,16H2,1H3,(H,32,35). The Kier molecular flexibility index (Phi) is 6.44. The number of amides is 1. The second-order valence-electron chi connectivity index (χ2n) is 9.70. The van der Waals surface area contributed by atoms with Crippen LogP contribution in [0.4, 0.5) is 5.82 Å². The maximum atomic E-state index is 12.6. The van der Waals surface area contributed by atoms with Crippen LogP contribution in [0.3, 0.4) is 0 Å². The van der Waals surface area contributed by atoms with Crippen LogP contribution in [0, 0.1) is 6.92 Å². The number of hydrogen-bond acceptors (Lipinski definition) is 7. The van der Waals surface area contributed by atoms with E-state index in [4.69, 9.17) is 14.5 Å². The van der Waals surface area contributed by atoms with Gasteiger partial charge >= 0.3 is 0 Å². The van der Waals surface area contributed by atoms with E-state index in [0.717, 1.165) is 53.8 Å². The minimum absolute atomic E-state index is 0.0152. The predicted molar refractivity (Wildman–Crippen MR) is 140 cm³/mol. The molecule has 9 heteroatoms. The van der Waals surface area contributed by atoms with Crippen LogP contribution in [0.2, 0.25) is 0 Å². The predicted octanol–water partition coefficient (Wildman–Crippen LogP) is 4.16. The molecule has 2 N–H and O–H groups in total. The molecule has 1 aromatic carbocycles. The zero-order valence-corrected chi connectivity index (χ0v) is 20.8. The molecule has 1 amide bonds. The van der Waals surface area contributed by atoms with E-state index in [1.165, 1.54) is 0 Å². The molecule has 2 fully saturated rings. The summed E-state index contributed by atoms with van der Waals surface area (Å²) in [6.07, 6.45) is 9.27. The van der Waals surface area contributed by atoms with Crippen molar-refractivity contribution in [2.24, 2.45) is 0 Å². The monoisotopic (exact) mass is 498 g/mol. The van der Waals surface area contributed by atoms with Crippen LogP contribution < -0.4 is 15.4 Å². The molecule has 1 saturated heterocycles. The molecule has 1 saturated carbocycles. The highest BCUT2D eigenvalue weighted by molar-refractivity contribution is 5.97. The molecule has 6 rings (SSSR count). The first-order valence-corrected chi connectivity index (χ1v) is 12.8. The molecular weight excluding hydrogens is 468 g/mol. The van der Waals surface area contributed by atoms with Gasteiger partial charge in [-0.25, -0.2) is 0 Å². The van der Waals surface area contributed by atoms with Gasteiger partial charge in [0.2, 0.25) is 5.88 Å². The van der Waals surface area contributed by atoms with Crippen molar-refractivity contribution in [3.05, 3.63) is 71.7 Å². The van der Waals surface area contributed by atoms with Crippen LogP contribution in [-0.2, 0) is 11.3 Å². The third-order valence-corrected chi connectivity index (χ3v) is 6.80.